The molecule has 0 amide bonds. The van der Waals surface area contributed by atoms with Crippen molar-refractivity contribution in [1.82, 2.24) is 0 Å². The Morgan fingerprint density at radius 2 is 0.391 bits per heavy atom. The van der Waals surface area contributed by atoms with Gasteiger partial charge >= 0.3 is 35.8 Å². The first-order chi connectivity index (χ1) is 42.0. The summed E-state index contributed by atoms with van der Waals surface area (Å²) in [5.41, 5.74) is 8.04. The Bertz CT molecular complexity index is 3040. The van der Waals surface area contributed by atoms with Crippen molar-refractivity contribution in [3.63, 3.8) is 0 Å². The molecule has 24 nitrogen and oxygen atoms in total. The van der Waals surface area contributed by atoms with Crippen LogP contribution < -0.4 is 56.8 Å². The molecule has 20 rings (SSSR count). The molecule has 12 heterocycles. The second kappa shape index (κ2) is 27.2. The molecule has 0 radical (unpaired) electrons. The van der Waals surface area contributed by atoms with Gasteiger partial charge in [-0.25, -0.2) is 28.8 Å². The fourth-order valence-corrected chi connectivity index (χ4v) is 10.5. The molecule has 0 fully saturated rings. The number of hydrogen-bond acceptors (Lipinski definition) is 18. The molecular formula is C63H60O24. The number of carbonyl (C=O) groups is 6. The van der Waals surface area contributed by atoms with Crippen molar-refractivity contribution < 1.29 is 116 Å². The van der Waals surface area contributed by atoms with E-state index in [4.69, 9.17) is 56.8 Å². The molecular weight excluding hydrogens is 1140 g/mol. The third kappa shape index (κ3) is 15.4. The van der Waals surface area contributed by atoms with Crippen LogP contribution in [-0.4, -0.2) is 146 Å². The summed E-state index contributed by atoms with van der Waals surface area (Å²) in [4.78, 5) is 72.3. The van der Waals surface area contributed by atoms with Crippen molar-refractivity contribution in [2.75, 3.05) is 79.3 Å². The van der Waals surface area contributed by atoms with Crippen LogP contribution in [0.15, 0.2) is 72.8 Å². The lowest BCUT2D eigenvalue weighted by Gasteiger charge is -2.20. The van der Waals surface area contributed by atoms with Gasteiger partial charge in [0.1, 0.15) is 0 Å². The lowest BCUT2D eigenvalue weighted by Crippen LogP contribution is -2.14. The van der Waals surface area contributed by atoms with Gasteiger partial charge < -0.3 is 87.5 Å². The standard InChI is InChI=1S/C63H60O24/c64-58(65)28-82-52-22-40-12-36-18-48-56(86-32-62(72)73)26-44(36)15-39-21-51-55(85-31-61(70)71)25-43(39)11-35(40)17-47(52)77-5-1-4-76-46-16-34-10-42-24-54(84-30-60(68)69)50(80-8-2-6-78-48)20-38(42)14-45-27-57(87-33-63(74)75)49(79-7-3-9-81-51)19-37(45)13-41(34)23-53(46)83-29-59(66)67/h16-27H,1-15,28-33H2,(H,64,65)(H,66,67)(H,68,69)(H,70,71)(H,72,73)(H,74,75). The van der Waals surface area contributed by atoms with E-state index in [0.29, 0.717) is 66.8 Å². The molecule has 0 unspecified atom stereocenters. The molecule has 87 heavy (non-hydrogen) atoms. The third-order valence-electron chi connectivity index (χ3n) is 14.4. The number of carboxylic acids is 6. The largest absolute Gasteiger partial charge is 0.490 e. The summed E-state index contributed by atoms with van der Waals surface area (Å²) in [6.07, 6.45) is 1.70. The fraction of sp³-hybridized carbons (Fsp3) is 0.333. The third-order valence-corrected chi connectivity index (χ3v) is 14.4. The molecule has 0 saturated heterocycles. The molecule has 6 N–H and O–H groups in total. The second-order valence-electron chi connectivity index (χ2n) is 20.7. The van der Waals surface area contributed by atoms with Gasteiger partial charge in [-0.1, -0.05) is 0 Å². The van der Waals surface area contributed by atoms with Crippen LogP contribution in [0.4, 0.5) is 0 Å². The van der Waals surface area contributed by atoms with Crippen LogP contribution in [0.2, 0.25) is 0 Å². The maximum atomic E-state index is 12.1. The summed E-state index contributed by atoms with van der Waals surface area (Å²) in [6, 6.07) is 20.6. The van der Waals surface area contributed by atoms with Crippen molar-refractivity contribution in [2.45, 2.75) is 57.8 Å². The van der Waals surface area contributed by atoms with Crippen molar-refractivity contribution in [2.24, 2.45) is 0 Å². The van der Waals surface area contributed by atoms with Gasteiger partial charge in [0.15, 0.2) is 109 Å². The predicted octanol–water partition coefficient (Wildman–Crippen LogP) is 6.81. The zero-order chi connectivity index (χ0) is 61.1. The first-order valence-corrected chi connectivity index (χ1v) is 27.8. The molecule has 0 atom stereocenters. The Morgan fingerprint density at radius 3 is 0.529 bits per heavy atom. The van der Waals surface area contributed by atoms with E-state index in [1.807, 2.05) is 0 Å². The van der Waals surface area contributed by atoms with Gasteiger partial charge in [-0.05, 0) is 178 Å². The fourth-order valence-electron chi connectivity index (χ4n) is 10.5. The zero-order valence-electron chi connectivity index (χ0n) is 46.8. The van der Waals surface area contributed by atoms with Crippen molar-refractivity contribution in [3.05, 3.63) is 140 Å². The Labute approximate surface area is 496 Å². The summed E-state index contributed by atoms with van der Waals surface area (Å²) in [5, 5.41) is 59.0. The van der Waals surface area contributed by atoms with Crippen LogP contribution in [0, 0.1) is 0 Å². The number of benzene rings is 6. The Kier molecular flexibility index (Phi) is 18.7. The summed E-state index contributed by atoms with van der Waals surface area (Å²) in [7, 11) is 0. The normalized spacial score (nSPS) is 14.2. The van der Waals surface area contributed by atoms with E-state index in [9.17, 15) is 59.4 Å². The van der Waals surface area contributed by atoms with Gasteiger partial charge in [0.05, 0.1) is 39.6 Å². The van der Waals surface area contributed by atoms with Gasteiger partial charge in [0, 0.05) is 19.3 Å². The van der Waals surface area contributed by atoms with Crippen LogP contribution in [0.5, 0.6) is 69.0 Å². The monoisotopic (exact) mass is 1200 g/mol. The molecule has 6 aromatic rings. The van der Waals surface area contributed by atoms with Crippen molar-refractivity contribution in [3.8, 4) is 69.0 Å². The quantitative estimate of drug-likeness (QED) is 0.0514. The molecule has 0 saturated carbocycles. The molecule has 6 aromatic carbocycles. The Balaban J connectivity index is 1.19. The summed E-state index contributed by atoms with van der Waals surface area (Å²) >= 11 is 0. The average Bonchev–Trinajstić information content (AvgIpc) is 1.99. The zero-order valence-corrected chi connectivity index (χ0v) is 46.8. The molecule has 2 aliphatic carbocycles. The molecule has 0 spiro atoms. The van der Waals surface area contributed by atoms with Gasteiger partial charge in [-0.15, -0.1) is 0 Å². The highest BCUT2D eigenvalue weighted by atomic mass is 16.6. The number of hydrogen-bond donors (Lipinski definition) is 6. The van der Waals surface area contributed by atoms with Crippen molar-refractivity contribution in [1.29, 1.82) is 0 Å². The highest BCUT2D eigenvalue weighted by Crippen LogP contribution is 2.44. The summed E-state index contributed by atoms with van der Waals surface area (Å²) < 4.78 is 74.1. The van der Waals surface area contributed by atoms with Crippen LogP contribution in [0.25, 0.3) is 0 Å². The minimum atomic E-state index is -1.25. The Hall–Kier alpha value is -10.3. The van der Waals surface area contributed by atoms with Crippen molar-refractivity contribution >= 4 is 35.8 Å². The molecule has 14 aliphatic rings. The first-order valence-electron chi connectivity index (χ1n) is 27.8. The minimum absolute atomic E-state index is 0.0121. The van der Waals surface area contributed by atoms with E-state index < -0.39 is 75.5 Å². The van der Waals surface area contributed by atoms with Crippen LogP contribution in [-0.2, 0) is 67.3 Å². The average molecular weight is 1200 g/mol. The van der Waals surface area contributed by atoms with E-state index in [1.165, 1.54) is 0 Å². The SMILES string of the molecule is O=C(O)COc1cc2c3cc1OCCCOc1cc4c(cc1OCC(=O)O)Cc1cc5c(OCC(=O)O)cc1Cc1cc(c(OCC(=O)O)cc1C4)OCCCOc1cc(c(cc1OCC(=O)O)Cc1cc(c(OCC(=O)O)cc1C3)OCCCO5)C2. The predicted molar refractivity (Wildman–Crippen MR) is 301 cm³/mol. The van der Waals surface area contributed by atoms with E-state index in [1.54, 1.807) is 72.8 Å². The molecule has 12 aliphatic heterocycles. The lowest BCUT2D eigenvalue weighted by atomic mass is 9.94. The van der Waals surface area contributed by atoms with Crippen LogP contribution in [0.1, 0.15) is 86.0 Å². The van der Waals surface area contributed by atoms with Crippen LogP contribution >= 0.6 is 0 Å². The highest BCUT2D eigenvalue weighted by molar-refractivity contribution is 5.72. The summed E-state index contributed by atoms with van der Waals surface area (Å²) in [5.74, 6) is -5.76. The number of ether oxygens (including phenoxy) is 12. The first kappa shape index (κ1) is 59.9. The van der Waals surface area contributed by atoms with E-state index >= 15 is 0 Å². The van der Waals surface area contributed by atoms with E-state index in [2.05, 4.69) is 0 Å². The van der Waals surface area contributed by atoms with E-state index in [-0.39, 0.29) is 166 Å². The Morgan fingerprint density at radius 1 is 0.253 bits per heavy atom. The van der Waals surface area contributed by atoms with Gasteiger partial charge in [0.25, 0.3) is 0 Å². The minimum Gasteiger partial charge on any atom is -0.490 e. The number of rotatable bonds is 18. The highest BCUT2D eigenvalue weighted by Gasteiger charge is 2.27. The molecule has 24 heteroatoms. The van der Waals surface area contributed by atoms with Crippen LogP contribution in [0.3, 0.4) is 0 Å². The number of aliphatic carboxylic acids is 6. The van der Waals surface area contributed by atoms with E-state index in [0.717, 1.165) is 0 Å². The topological polar surface area (TPSA) is 335 Å². The maximum absolute atomic E-state index is 12.1. The van der Waals surface area contributed by atoms with Gasteiger partial charge in [-0.2, -0.15) is 0 Å². The molecule has 456 valence electrons. The van der Waals surface area contributed by atoms with Gasteiger partial charge in [-0.3, -0.25) is 0 Å². The van der Waals surface area contributed by atoms with Gasteiger partial charge in [0.2, 0.25) is 0 Å². The lowest BCUT2D eigenvalue weighted by molar-refractivity contribution is -0.140. The number of carboxylic acid groups (broad SMARTS) is 6. The molecule has 18 bridgehead atoms. The molecule has 0 aromatic heterocycles. The maximum Gasteiger partial charge on any atom is 0.341 e. The second-order valence-corrected chi connectivity index (χ2v) is 20.7. The summed E-state index contributed by atoms with van der Waals surface area (Å²) in [6.45, 7) is -4.42. The smallest absolute Gasteiger partial charge is 0.341 e.